The maximum atomic E-state index is 9.32. The van der Waals surface area contributed by atoms with Crippen LogP contribution in [0.5, 0.6) is 11.5 Å². The lowest BCUT2D eigenvalue weighted by Gasteiger charge is -2.13. The van der Waals surface area contributed by atoms with Gasteiger partial charge in [0, 0.05) is 0 Å². The molecule has 0 aliphatic carbocycles. The fourth-order valence-electron chi connectivity index (χ4n) is 0.918. The van der Waals surface area contributed by atoms with Crippen molar-refractivity contribution in [1.82, 2.24) is 0 Å². The lowest BCUT2D eigenvalue weighted by Crippen LogP contribution is -2.39. The zero-order valence-corrected chi connectivity index (χ0v) is 6.70. The van der Waals surface area contributed by atoms with Crippen molar-refractivity contribution in [2.45, 2.75) is 0 Å². The Labute approximate surface area is 80.2 Å². The minimum Gasteiger partial charge on any atom is -0.507 e. The second-order valence-corrected chi connectivity index (χ2v) is 2.46. The summed E-state index contributed by atoms with van der Waals surface area (Å²) in [4.78, 5) is 0. The molecule has 0 heterocycles. The van der Waals surface area contributed by atoms with Crippen molar-refractivity contribution >= 4 is 39.9 Å². The molecule has 0 aliphatic rings. The Bertz CT molecular complexity index is 378. The Balaban J connectivity index is 3.69. The average molecular weight is 164 g/mol. The van der Waals surface area contributed by atoms with Crippen LogP contribution < -0.4 is 16.4 Å². The zero-order valence-electron chi connectivity index (χ0n) is 6.70. The van der Waals surface area contributed by atoms with E-state index in [0.717, 1.165) is 0 Å². The van der Waals surface area contributed by atoms with Crippen LogP contribution in [0.25, 0.3) is 0 Å². The second kappa shape index (κ2) is 3.14. The molecule has 0 aliphatic heterocycles. The lowest BCUT2D eigenvalue weighted by atomic mass is 9.70. The molecule has 0 fully saturated rings. The molecule has 2 N–H and O–H groups in total. The van der Waals surface area contributed by atoms with Gasteiger partial charge in [0.15, 0.2) is 0 Å². The van der Waals surface area contributed by atoms with E-state index in [-0.39, 0.29) is 22.0 Å². The van der Waals surface area contributed by atoms with E-state index in [1.807, 2.05) is 0 Å². The number of terminal acetylenes is 1. The molecule has 6 radical (unpaired) electrons. The van der Waals surface area contributed by atoms with Gasteiger partial charge in [-0.2, -0.15) is 0 Å². The first kappa shape index (κ1) is 9.66. The van der Waals surface area contributed by atoms with Gasteiger partial charge in [-0.05, 0) is 0 Å². The Morgan fingerprint density at radius 3 is 1.62 bits per heavy atom. The molecule has 2 nitrogen and oxygen atoms in total. The van der Waals surface area contributed by atoms with Gasteiger partial charge < -0.3 is 10.2 Å². The van der Waals surface area contributed by atoms with Crippen molar-refractivity contribution < 1.29 is 10.2 Å². The van der Waals surface area contributed by atoms with E-state index in [9.17, 15) is 10.2 Å². The minimum atomic E-state index is -0.424. The number of rotatable bonds is 0. The van der Waals surface area contributed by atoms with Crippen LogP contribution in [0, 0.1) is 12.3 Å². The van der Waals surface area contributed by atoms with Crippen molar-refractivity contribution in [1.29, 1.82) is 0 Å². The lowest BCUT2D eigenvalue weighted by molar-refractivity contribution is 0.454. The quantitative estimate of drug-likeness (QED) is 0.327. The molecule has 0 saturated heterocycles. The largest absolute Gasteiger partial charge is 0.507 e. The van der Waals surface area contributed by atoms with Gasteiger partial charge in [-0.15, -0.1) is 11.9 Å². The predicted molar refractivity (Wildman–Crippen MR) is 53.9 cm³/mol. The average Bonchev–Trinajstić information content (AvgIpc) is 2.13. The van der Waals surface area contributed by atoms with Crippen molar-refractivity contribution in [2.24, 2.45) is 0 Å². The Kier molecular flexibility index (Phi) is 2.33. The highest BCUT2D eigenvalue weighted by atomic mass is 16.3. The molecular formula is C8H3B3O2. The minimum absolute atomic E-state index is 0.0750. The molecule has 56 valence electrons. The van der Waals surface area contributed by atoms with E-state index in [4.69, 9.17) is 30.0 Å². The van der Waals surface area contributed by atoms with Crippen LogP contribution in [0.1, 0.15) is 5.56 Å². The molecule has 13 heavy (non-hydrogen) atoms. The Morgan fingerprint density at radius 1 is 0.923 bits per heavy atom. The maximum absolute atomic E-state index is 9.32. The van der Waals surface area contributed by atoms with Crippen LogP contribution in [0.3, 0.4) is 0 Å². The number of hydrogen-bond donors (Lipinski definition) is 2. The first-order valence-electron chi connectivity index (χ1n) is 3.35. The summed E-state index contributed by atoms with van der Waals surface area (Å²) in [6.07, 6.45) is 5.02. The first-order valence-corrected chi connectivity index (χ1v) is 3.35. The summed E-state index contributed by atoms with van der Waals surface area (Å²) in [5.41, 5.74) is -0.468. The molecule has 5 heteroatoms. The summed E-state index contributed by atoms with van der Waals surface area (Å²) in [5, 5.41) is 18.6. The number of hydrogen-bond acceptors (Lipinski definition) is 2. The molecule has 0 aromatic heterocycles. The molecule has 1 rings (SSSR count). The third kappa shape index (κ3) is 1.29. The SMILES string of the molecule is [B]c1c([B])c(O)c(C#C)c(O)c1[B]. The summed E-state index contributed by atoms with van der Waals surface area (Å²) >= 11 is 0. The van der Waals surface area contributed by atoms with Gasteiger partial charge in [0.2, 0.25) is 0 Å². The highest BCUT2D eigenvalue weighted by Crippen LogP contribution is 2.19. The molecule has 1 aromatic rings. The molecule has 0 spiro atoms. The van der Waals surface area contributed by atoms with Gasteiger partial charge >= 0.3 is 0 Å². The standard InChI is InChI=1S/C8H3B3O2/c1-2-3-7(12)5(10)4(9)6(11)8(3)13/h1,12-13H. The number of phenols is 2. The van der Waals surface area contributed by atoms with Gasteiger partial charge in [-0.25, -0.2) is 0 Å². The zero-order chi connectivity index (χ0) is 10.2. The van der Waals surface area contributed by atoms with E-state index in [1.54, 1.807) is 0 Å². The van der Waals surface area contributed by atoms with E-state index < -0.39 is 11.5 Å². The van der Waals surface area contributed by atoms with Crippen molar-refractivity contribution in [2.75, 3.05) is 0 Å². The van der Waals surface area contributed by atoms with Crippen molar-refractivity contribution in [3.63, 3.8) is 0 Å². The number of benzene rings is 1. The predicted octanol–water partition coefficient (Wildman–Crippen LogP) is -2.54. The molecule has 1 aromatic carbocycles. The van der Waals surface area contributed by atoms with E-state index in [1.165, 1.54) is 0 Å². The third-order valence-electron chi connectivity index (χ3n) is 1.71. The highest BCUT2D eigenvalue weighted by molar-refractivity contribution is 6.59. The van der Waals surface area contributed by atoms with Gasteiger partial charge in [0.25, 0.3) is 0 Å². The summed E-state index contributed by atoms with van der Waals surface area (Å²) in [6, 6.07) is 0. The Hall–Kier alpha value is -1.43. The van der Waals surface area contributed by atoms with Crippen molar-refractivity contribution in [3.05, 3.63) is 5.56 Å². The fraction of sp³-hybridized carbons (Fsp3) is 0. The van der Waals surface area contributed by atoms with Crippen LogP contribution in [-0.4, -0.2) is 33.8 Å². The van der Waals surface area contributed by atoms with Crippen LogP contribution in [0.4, 0.5) is 0 Å². The summed E-state index contributed by atoms with van der Waals surface area (Å²) in [7, 11) is 16.1. The molecule has 0 amide bonds. The van der Waals surface area contributed by atoms with E-state index >= 15 is 0 Å². The molecule has 0 saturated carbocycles. The topological polar surface area (TPSA) is 40.5 Å². The Morgan fingerprint density at radius 2 is 1.31 bits per heavy atom. The highest BCUT2D eigenvalue weighted by Gasteiger charge is 2.13. The smallest absolute Gasteiger partial charge is 0.127 e. The second-order valence-electron chi connectivity index (χ2n) is 2.46. The molecular weight excluding hydrogens is 161 g/mol. The number of phenolic OH excluding ortho intramolecular Hbond substituents is 2. The third-order valence-corrected chi connectivity index (χ3v) is 1.71. The van der Waals surface area contributed by atoms with Crippen LogP contribution in [0.2, 0.25) is 0 Å². The molecule has 0 unspecified atom stereocenters. The van der Waals surface area contributed by atoms with Gasteiger partial charge in [-0.3, -0.25) is 0 Å². The normalized spacial score (nSPS) is 9.46. The summed E-state index contributed by atoms with van der Waals surface area (Å²) < 4.78 is 0. The van der Waals surface area contributed by atoms with Crippen molar-refractivity contribution in [3.8, 4) is 23.8 Å². The molecule has 0 bridgehead atoms. The summed E-state index contributed by atoms with van der Waals surface area (Å²) in [5.74, 6) is 1.21. The summed E-state index contributed by atoms with van der Waals surface area (Å²) in [6.45, 7) is 0. The van der Waals surface area contributed by atoms with Gasteiger partial charge in [0.05, 0.1) is 0 Å². The van der Waals surface area contributed by atoms with Crippen LogP contribution in [0.15, 0.2) is 0 Å². The van der Waals surface area contributed by atoms with Gasteiger partial charge in [0.1, 0.15) is 40.6 Å². The monoisotopic (exact) mass is 164 g/mol. The van der Waals surface area contributed by atoms with E-state index in [2.05, 4.69) is 5.92 Å². The maximum Gasteiger partial charge on any atom is 0.127 e. The van der Waals surface area contributed by atoms with Crippen LogP contribution in [-0.2, 0) is 0 Å². The first-order chi connectivity index (χ1) is 6.00. The fourth-order valence-corrected chi connectivity index (χ4v) is 0.918. The van der Waals surface area contributed by atoms with E-state index in [0.29, 0.717) is 0 Å². The number of aromatic hydroxyl groups is 2. The van der Waals surface area contributed by atoms with Crippen LogP contribution >= 0.6 is 0 Å². The molecule has 0 atom stereocenters. The van der Waals surface area contributed by atoms with Gasteiger partial charge in [-0.1, -0.05) is 16.8 Å².